The monoisotopic (exact) mass is 272 g/mol. The van der Waals surface area contributed by atoms with Crippen LogP contribution in [-0.2, 0) is 9.47 Å². The maximum Gasteiger partial charge on any atom is 0.0593 e. The molecule has 0 saturated heterocycles. The van der Waals surface area contributed by atoms with Gasteiger partial charge in [-0.15, -0.1) is 0 Å². The zero-order valence-corrected chi connectivity index (χ0v) is 12.8. The molecule has 114 valence electrons. The highest BCUT2D eigenvalue weighted by Gasteiger charge is 2.27. The summed E-state index contributed by atoms with van der Waals surface area (Å²) in [5, 5.41) is 0. The summed E-state index contributed by atoms with van der Waals surface area (Å²) in [6.45, 7) is 11.4. The zero-order valence-electron chi connectivity index (χ0n) is 12.8. The van der Waals surface area contributed by atoms with E-state index in [4.69, 9.17) is 15.2 Å². The Labute approximate surface area is 118 Å². The molecule has 19 heavy (non-hydrogen) atoms. The lowest BCUT2D eigenvalue weighted by atomic mass is 9.95. The van der Waals surface area contributed by atoms with Crippen LogP contribution in [0.1, 0.15) is 33.1 Å². The van der Waals surface area contributed by atoms with Gasteiger partial charge in [-0.3, -0.25) is 4.90 Å². The van der Waals surface area contributed by atoms with Gasteiger partial charge in [0.05, 0.1) is 13.2 Å². The van der Waals surface area contributed by atoms with Crippen molar-refractivity contribution in [1.29, 1.82) is 0 Å². The van der Waals surface area contributed by atoms with Gasteiger partial charge in [0.2, 0.25) is 0 Å². The van der Waals surface area contributed by atoms with E-state index in [2.05, 4.69) is 4.90 Å². The molecular formula is C15H32N2O2. The van der Waals surface area contributed by atoms with Gasteiger partial charge in [-0.1, -0.05) is 6.42 Å². The lowest BCUT2D eigenvalue weighted by Gasteiger charge is -2.28. The van der Waals surface area contributed by atoms with Crippen molar-refractivity contribution in [2.75, 3.05) is 52.6 Å². The molecule has 1 saturated carbocycles. The Hall–Kier alpha value is -0.160. The summed E-state index contributed by atoms with van der Waals surface area (Å²) in [4.78, 5) is 2.49. The number of hydrogen-bond acceptors (Lipinski definition) is 4. The van der Waals surface area contributed by atoms with Crippen molar-refractivity contribution in [1.82, 2.24) is 4.90 Å². The van der Waals surface area contributed by atoms with E-state index in [0.29, 0.717) is 0 Å². The quantitative estimate of drug-likeness (QED) is 0.582. The zero-order chi connectivity index (χ0) is 13.9. The average Bonchev–Trinajstić information content (AvgIpc) is 2.86. The van der Waals surface area contributed by atoms with Crippen molar-refractivity contribution in [3.05, 3.63) is 0 Å². The second kappa shape index (κ2) is 10.6. The van der Waals surface area contributed by atoms with Gasteiger partial charge < -0.3 is 15.2 Å². The Bertz CT molecular complexity index is 204. The number of nitrogens with two attached hydrogens (primary N) is 1. The third kappa shape index (κ3) is 6.70. The molecule has 4 heteroatoms. The molecule has 0 heterocycles. The van der Waals surface area contributed by atoms with Crippen LogP contribution in [0, 0.1) is 11.8 Å². The molecule has 0 spiro atoms. The highest BCUT2D eigenvalue weighted by Crippen LogP contribution is 2.31. The Morgan fingerprint density at radius 2 is 1.58 bits per heavy atom. The van der Waals surface area contributed by atoms with E-state index >= 15 is 0 Å². The van der Waals surface area contributed by atoms with Gasteiger partial charge in [0, 0.05) is 32.8 Å². The normalized spacial score (nSPS) is 23.4. The molecule has 2 atom stereocenters. The van der Waals surface area contributed by atoms with Crippen LogP contribution in [0.5, 0.6) is 0 Å². The van der Waals surface area contributed by atoms with Crippen LogP contribution >= 0.6 is 0 Å². The SMILES string of the molecule is CCOCCN(CCOCC)CC1CCCC1CN. The summed E-state index contributed by atoms with van der Waals surface area (Å²) in [5.74, 6) is 1.50. The third-order valence-electron chi connectivity index (χ3n) is 4.12. The van der Waals surface area contributed by atoms with E-state index in [-0.39, 0.29) is 0 Å². The van der Waals surface area contributed by atoms with E-state index in [1.165, 1.54) is 19.3 Å². The fourth-order valence-electron chi connectivity index (χ4n) is 2.97. The van der Waals surface area contributed by atoms with E-state index in [9.17, 15) is 0 Å². The van der Waals surface area contributed by atoms with Gasteiger partial charge in [-0.05, 0) is 45.1 Å². The standard InChI is InChI=1S/C15H32N2O2/c1-3-18-10-8-17(9-11-19-4-2)13-15-7-5-6-14(15)12-16/h14-15H,3-13,16H2,1-2H3. The summed E-state index contributed by atoms with van der Waals surface area (Å²) in [6, 6.07) is 0. The van der Waals surface area contributed by atoms with Gasteiger partial charge in [-0.2, -0.15) is 0 Å². The van der Waals surface area contributed by atoms with Crippen LogP contribution in [-0.4, -0.2) is 57.5 Å². The van der Waals surface area contributed by atoms with Crippen molar-refractivity contribution in [2.45, 2.75) is 33.1 Å². The van der Waals surface area contributed by atoms with Crippen LogP contribution in [0.2, 0.25) is 0 Å². The smallest absolute Gasteiger partial charge is 0.0593 e. The summed E-state index contributed by atoms with van der Waals surface area (Å²) >= 11 is 0. The molecule has 0 aliphatic heterocycles. The Balaban J connectivity index is 2.33. The number of rotatable bonds is 11. The molecule has 2 unspecified atom stereocenters. The number of nitrogens with zero attached hydrogens (tertiary/aromatic N) is 1. The van der Waals surface area contributed by atoms with Gasteiger partial charge >= 0.3 is 0 Å². The predicted molar refractivity (Wildman–Crippen MR) is 79.3 cm³/mol. The molecule has 1 fully saturated rings. The lowest BCUT2D eigenvalue weighted by Crippen LogP contribution is -2.37. The minimum atomic E-state index is 0.724. The van der Waals surface area contributed by atoms with E-state index in [0.717, 1.165) is 64.4 Å². The molecule has 4 nitrogen and oxygen atoms in total. The van der Waals surface area contributed by atoms with E-state index < -0.39 is 0 Å². The second-order valence-corrected chi connectivity index (χ2v) is 5.38. The number of ether oxygens (including phenoxy) is 2. The Morgan fingerprint density at radius 1 is 1.00 bits per heavy atom. The first-order chi connectivity index (χ1) is 9.31. The van der Waals surface area contributed by atoms with Crippen molar-refractivity contribution in [2.24, 2.45) is 17.6 Å². The average molecular weight is 272 g/mol. The van der Waals surface area contributed by atoms with Crippen LogP contribution in [0.25, 0.3) is 0 Å². The topological polar surface area (TPSA) is 47.7 Å². The molecule has 0 aromatic rings. The van der Waals surface area contributed by atoms with Crippen LogP contribution in [0.15, 0.2) is 0 Å². The summed E-state index contributed by atoms with van der Waals surface area (Å²) in [5.41, 5.74) is 5.88. The first kappa shape index (κ1) is 16.9. The van der Waals surface area contributed by atoms with Gasteiger partial charge in [-0.25, -0.2) is 0 Å². The Kier molecular flexibility index (Phi) is 9.43. The van der Waals surface area contributed by atoms with Crippen molar-refractivity contribution >= 4 is 0 Å². The van der Waals surface area contributed by atoms with Crippen molar-refractivity contribution < 1.29 is 9.47 Å². The fourth-order valence-corrected chi connectivity index (χ4v) is 2.97. The maximum absolute atomic E-state index is 5.88. The van der Waals surface area contributed by atoms with Crippen LogP contribution < -0.4 is 5.73 Å². The molecular weight excluding hydrogens is 240 g/mol. The maximum atomic E-state index is 5.88. The number of hydrogen-bond donors (Lipinski definition) is 1. The molecule has 2 N–H and O–H groups in total. The van der Waals surface area contributed by atoms with Crippen LogP contribution in [0.3, 0.4) is 0 Å². The fraction of sp³-hybridized carbons (Fsp3) is 1.00. The third-order valence-corrected chi connectivity index (χ3v) is 4.12. The van der Waals surface area contributed by atoms with Crippen LogP contribution in [0.4, 0.5) is 0 Å². The molecule has 0 aromatic carbocycles. The minimum Gasteiger partial charge on any atom is -0.380 e. The minimum absolute atomic E-state index is 0.724. The summed E-state index contributed by atoms with van der Waals surface area (Å²) in [7, 11) is 0. The van der Waals surface area contributed by atoms with E-state index in [1.807, 2.05) is 13.8 Å². The van der Waals surface area contributed by atoms with Crippen molar-refractivity contribution in [3.63, 3.8) is 0 Å². The highest BCUT2D eigenvalue weighted by molar-refractivity contribution is 4.80. The molecule has 1 aliphatic rings. The summed E-state index contributed by atoms with van der Waals surface area (Å²) < 4.78 is 11.0. The molecule has 1 rings (SSSR count). The largest absolute Gasteiger partial charge is 0.380 e. The van der Waals surface area contributed by atoms with Gasteiger partial charge in [0.25, 0.3) is 0 Å². The van der Waals surface area contributed by atoms with E-state index in [1.54, 1.807) is 0 Å². The summed E-state index contributed by atoms with van der Waals surface area (Å²) in [6.07, 6.45) is 3.99. The lowest BCUT2D eigenvalue weighted by molar-refractivity contribution is 0.0725. The first-order valence-corrected chi connectivity index (χ1v) is 7.89. The molecule has 0 amide bonds. The molecule has 1 aliphatic carbocycles. The molecule has 0 radical (unpaired) electrons. The highest BCUT2D eigenvalue weighted by atomic mass is 16.5. The Morgan fingerprint density at radius 3 is 2.11 bits per heavy atom. The first-order valence-electron chi connectivity index (χ1n) is 7.89. The van der Waals surface area contributed by atoms with Gasteiger partial charge in [0.15, 0.2) is 0 Å². The predicted octanol–water partition coefficient (Wildman–Crippen LogP) is 1.74. The second-order valence-electron chi connectivity index (χ2n) is 5.38. The van der Waals surface area contributed by atoms with Gasteiger partial charge in [0.1, 0.15) is 0 Å². The molecule has 0 aromatic heterocycles. The van der Waals surface area contributed by atoms with Crippen molar-refractivity contribution in [3.8, 4) is 0 Å². The molecule has 0 bridgehead atoms.